The lowest BCUT2D eigenvalue weighted by molar-refractivity contribution is -0.137. The number of rotatable bonds is 9. The Morgan fingerprint density at radius 3 is 2.29 bits per heavy atom. The van der Waals surface area contributed by atoms with Gasteiger partial charge in [-0.1, -0.05) is 55.3 Å². The van der Waals surface area contributed by atoms with Crippen LogP contribution in [0.15, 0.2) is 59.5 Å². The summed E-state index contributed by atoms with van der Waals surface area (Å²) in [7, 11) is -3.59. The summed E-state index contributed by atoms with van der Waals surface area (Å²) in [4.78, 5) is 10.9. The van der Waals surface area contributed by atoms with Gasteiger partial charge in [-0.3, -0.25) is 4.79 Å². The average Bonchev–Trinajstić information content (AvgIpc) is 3.22. The number of carbonyl (C=O) groups is 1. The van der Waals surface area contributed by atoms with E-state index in [2.05, 4.69) is 4.72 Å². The van der Waals surface area contributed by atoms with E-state index >= 15 is 0 Å². The molecule has 1 aliphatic rings. The summed E-state index contributed by atoms with van der Waals surface area (Å²) in [5, 5.41) is 8.77. The number of carboxylic acid groups (broad SMARTS) is 1. The van der Waals surface area contributed by atoms with Crippen LogP contribution in [0.2, 0.25) is 0 Å². The van der Waals surface area contributed by atoms with E-state index in [1.54, 1.807) is 30.3 Å². The molecule has 0 heterocycles. The Bertz CT molecular complexity index is 873. The first kappa shape index (κ1) is 20.6. The topological polar surface area (TPSA) is 83.5 Å². The molecule has 0 saturated heterocycles. The Hall–Kier alpha value is -2.18. The molecule has 1 aliphatic carbocycles. The molecule has 3 rings (SSSR count). The van der Waals surface area contributed by atoms with Crippen LogP contribution in [0, 0.1) is 5.92 Å². The molecule has 150 valence electrons. The van der Waals surface area contributed by atoms with Crippen LogP contribution in [0.25, 0.3) is 0 Å². The second kappa shape index (κ2) is 9.34. The molecule has 1 fully saturated rings. The SMILES string of the molecule is O=C(O)CCCc1ccc(C(NS(=O)(=O)c2ccccc2)C2CCCC2)cc1. The first-order valence-electron chi connectivity index (χ1n) is 9.84. The van der Waals surface area contributed by atoms with E-state index in [1.807, 2.05) is 24.3 Å². The van der Waals surface area contributed by atoms with Crippen LogP contribution in [0.1, 0.15) is 55.7 Å². The van der Waals surface area contributed by atoms with Gasteiger partial charge in [0.1, 0.15) is 0 Å². The number of aliphatic carboxylic acids is 1. The summed E-state index contributed by atoms with van der Waals surface area (Å²) in [6.07, 6.45) is 5.74. The fraction of sp³-hybridized carbons (Fsp3) is 0.409. The van der Waals surface area contributed by atoms with E-state index in [-0.39, 0.29) is 23.3 Å². The van der Waals surface area contributed by atoms with Crippen LogP contribution in [0.4, 0.5) is 0 Å². The van der Waals surface area contributed by atoms with E-state index in [9.17, 15) is 13.2 Å². The third-order valence-electron chi connectivity index (χ3n) is 5.40. The number of hydrogen-bond acceptors (Lipinski definition) is 3. The Balaban J connectivity index is 1.77. The van der Waals surface area contributed by atoms with Crippen molar-refractivity contribution in [1.82, 2.24) is 4.72 Å². The third-order valence-corrected chi connectivity index (χ3v) is 6.86. The number of hydrogen-bond donors (Lipinski definition) is 2. The lowest BCUT2D eigenvalue weighted by Crippen LogP contribution is -2.32. The molecule has 0 amide bonds. The van der Waals surface area contributed by atoms with Crippen molar-refractivity contribution in [3.05, 3.63) is 65.7 Å². The van der Waals surface area contributed by atoms with E-state index in [1.165, 1.54) is 0 Å². The van der Waals surface area contributed by atoms with Gasteiger partial charge in [0.25, 0.3) is 0 Å². The molecule has 0 spiro atoms. The van der Waals surface area contributed by atoms with Crippen molar-refractivity contribution >= 4 is 16.0 Å². The molecular formula is C22H27NO4S. The van der Waals surface area contributed by atoms with Crippen molar-refractivity contribution in [2.24, 2.45) is 5.92 Å². The van der Waals surface area contributed by atoms with Gasteiger partial charge >= 0.3 is 5.97 Å². The van der Waals surface area contributed by atoms with Gasteiger partial charge in [-0.2, -0.15) is 0 Å². The summed E-state index contributed by atoms with van der Waals surface area (Å²) in [5.74, 6) is -0.496. The number of benzene rings is 2. The second-order valence-corrected chi connectivity index (χ2v) is 9.16. The zero-order valence-corrected chi connectivity index (χ0v) is 16.7. The minimum Gasteiger partial charge on any atom is -0.481 e. The first-order chi connectivity index (χ1) is 13.5. The zero-order valence-electron chi connectivity index (χ0n) is 15.9. The van der Waals surface area contributed by atoms with Gasteiger partial charge in [-0.05, 0) is 54.9 Å². The molecule has 2 aromatic rings. The van der Waals surface area contributed by atoms with Gasteiger partial charge in [0.05, 0.1) is 4.90 Å². The molecule has 2 aromatic carbocycles. The molecule has 1 unspecified atom stereocenters. The molecule has 0 aromatic heterocycles. The number of nitrogens with one attached hydrogen (secondary N) is 1. The van der Waals surface area contributed by atoms with Gasteiger partial charge in [0.15, 0.2) is 0 Å². The highest BCUT2D eigenvalue weighted by Crippen LogP contribution is 2.36. The maximum absolute atomic E-state index is 12.9. The van der Waals surface area contributed by atoms with E-state index in [4.69, 9.17) is 5.11 Å². The van der Waals surface area contributed by atoms with Crippen LogP contribution in [-0.4, -0.2) is 19.5 Å². The van der Waals surface area contributed by atoms with Gasteiger partial charge in [-0.25, -0.2) is 13.1 Å². The summed E-state index contributed by atoms with van der Waals surface area (Å²) in [6.45, 7) is 0. The standard InChI is InChI=1S/C22H27NO4S/c24-21(25)12-6-7-17-13-15-19(16-14-17)22(18-8-4-5-9-18)23-28(26,27)20-10-2-1-3-11-20/h1-3,10-11,13-16,18,22-23H,4-9,12H2,(H,24,25). The smallest absolute Gasteiger partial charge is 0.303 e. The van der Waals surface area contributed by atoms with Gasteiger partial charge in [-0.15, -0.1) is 0 Å². The molecule has 2 N–H and O–H groups in total. The Kier molecular flexibility index (Phi) is 6.86. The molecule has 1 atom stereocenters. The maximum atomic E-state index is 12.9. The largest absolute Gasteiger partial charge is 0.481 e. The molecule has 0 aliphatic heterocycles. The summed E-state index contributed by atoms with van der Waals surface area (Å²) in [5.41, 5.74) is 2.04. The normalized spacial score (nSPS) is 16.1. The lowest BCUT2D eigenvalue weighted by atomic mass is 9.91. The Labute approximate surface area is 166 Å². The molecule has 1 saturated carbocycles. The van der Waals surface area contributed by atoms with E-state index in [0.717, 1.165) is 36.8 Å². The number of aryl methyl sites for hydroxylation is 1. The molecule has 5 nitrogen and oxygen atoms in total. The van der Waals surface area contributed by atoms with Gasteiger partial charge in [0.2, 0.25) is 10.0 Å². The van der Waals surface area contributed by atoms with Crippen LogP contribution in [0.5, 0.6) is 0 Å². The van der Waals surface area contributed by atoms with Crippen molar-refractivity contribution in [2.75, 3.05) is 0 Å². The Morgan fingerprint density at radius 1 is 1.04 bits per heavy atom. The third kappa shape index (κ3) is 5.42. The van der Waals surface area contributed by atoms with Crippen molar-refractivity contribution in [2.45, 2.75) is 55.9 Å². The average molecular weight is 402 g/mol. The van der Waals surface area contributed by atoms with Crippen molar-refractivity contribution in [3.8, 4) is 0 Å². The number of sulfonamides is 1. The predicted octanol–water partition coefficient (Wildman–Crippen LogP) is 4.30. The van der Waals surface area contributed by atoms with Crippen LogP contribution < -0.4 is 4.72 Å². The zero-order chi connectivity index (χ0) is 20.0. The van der Waals surface area contributed by atoms with Crippen molar-refractivity contribution in [3.63, 3.8) is 0 Å². The highest BCUT2D eigenvalue weighted by Gasteiger charge is 2.30. The minimum atomic E-state index is -3.59. The quantitative estimate of drug-likeness (QED) is 0.656. The van der Waals surface area contributed by atoms with Crippen LogP contribution >= 0.6 is 0 Å². The summed E-state index contributed by atoms with van der Waals surface area (Å²) in [6, 6.07) is 16.2. The van der Waals surface area contributed by atoms with Crippen LogP contribution in [0.3, 0.4) is 0 Å². The molecule has 6 heteroatoms. The maximum Gasteiger partial charge on any atom is 0.303 e. The fourth-order valence-corrected chi connectivity index (χ4v) is 5.21. The van der Waals surface area contributed by atoms with Gasteiger partial charge in [0, 0.05) is 12.5 Å². The highest BCUT2D eigenvalue weighted by atomic mass is 32.2. The lowest BCUT2D eigenvalue weighted by Gasteiger charge is -2.25. The number of carboxylic acids is 1. The first-order valence-corrected chi connectivity index (χ1v) is 11.3. The van der Waals surface area contributed by atoms with Gasteiger partial charge < -0.3 is 5.11 Å². The molecule has 0 bridgehead atoms. The van der Waals surface area contributed by atoms with Crippen molar-refractivity contribution < 1.29 is 18.3 Å². The molecule has 0 radical (unpaired) electrons. The fourth-order valence-electron chi connectivity index (χ4n) is 3.90. The van der Waals surface area contributed by atoms with Crippen molar-refractivity contribution in [1.29, 1.82) is 0 Å². The summed E-state index contributed by atoms with van der Waals surface area (Å²) < 4.78 is 28.7. The monoisotopic (exact) mass is 401 g/mol. The summed E-state index contributed by atoms with van der Waals surface area (Å²) >= 11 is 0. The highest BCUT2D eigenvalue weighted by molar-refractivity contribution is 7.89. The second-order valence-electron chi connectivity index (χ2n) is 7.45. The minimum absolute atomic E-state index is 0.156. The van der Waals surface area contributed by atoms with Crippen LogP contribution in [-0.2, 0) is 21.2 Å². The Morgan fingerprint density at radius 2 is 1.68 bits per heavy atom. The van der Waals surface area contributed by atoms with E-state index < -0.39 is 16.0 Å². The molecule has 28 heavy (non-hydrogen) atoms. The van der Waals surface area contributed by atoms with E-state index in [0.29, 0.717) is 12.8 Å². The predicted molar refractivity (Wildman–Crippen MR) is 108 cm³/mol. The molecular weight excluding hydrogens is 374 g/mol.